The number of thioether (sulfide) groups is 1. The summed E-state index contributed by atoms with van der Waals surface area (Å²) in [5, 5.41) is 11.9. The highest BCUT2D eigenvalue weighted by atomic mass is 32.2. The number of hydrogen-bond donors (Lipinski definition) is 1. The summed E-state index contributed by atoms with van der Waals surface area (Å²) in [6, 6.07) is 13.6. The van der Waals surface area contributed by atoms with Gasteiger partial charge in [0.25, 0.3) is 0 Å². The van der Waals surface area contributed by atoms with Crippen molar-refractivity contribution < 1.29 is 14.3 Å². The van der Waals surface area contributed by atoms with E-state index in [9.17, 15) is 4.79 Å². The van der Waals surface area contributed by atoms with E-state index in [1.807, 2.05) is 61.0 Å². The minimum Gasteiger partial charge on any atom is -0.493 e. The molecule has 0 aliphatic heterocycles. The highest BCUT2D eigenvalue weighted by Crippen LogP contribution is 2.28. The summed E-state index contributed by atoms with van der Waals surface area (Å²) >= 11 is 1.33. The van der Waals surface area contributed by atoms with Crippen LogP contribution in [0.15, 0.2) is 47.6 Å². The van der Waals surface area contributed by atoms with Crippen molar-refractivity contribution in [2.24, 2.45) is 7.05 Å². The molecular formula is C22H26N4O3S. The molecule has 0 spiro atoms. The standard InChI is InChI=1S/C22H26N4O3S/c1-5-16-7-9-17(10-8-16)23-21(27)14-30-22-25-24-20(26(22)3)13-29-18-11-6-15(2)12-19(18)28-4/h6-12H,5,13-14H2,1-4H3,(H,23,27). The zero-order valence-corrected chi connectivity index (χ0v) is 18.5. The number of carbonyl (C=O) groups excluding carboxylic acids is 1. The van der Waals surface area contributed by atoms with E-state index in [1.165, 1.54) is 17.3 Å². The maximum absolute atomic E-state index is 12.2. The number of rotatable bonds is 9. The van der Waals surface area contributed by atoms with Crippen molar-refractivity contribution in [1.82, 2.24) is 14.8 Å². The Morgan fingerprint density at radius 2 is 1.90 bits per heavy atom. The van der Waals surface area contributed by atoms with Crippen LogP contribution in [0.2, 0.25) is 0 Å². The summed E-state index contributed by atoms with van der Waals surface area (Å²) < 4.78 is 13.0. The summed E-state index contributed by atoms with van der Waals surface area (Å²) in [5.41, 5.74) is 3.12. The van der Waals surface area contributed by atoms with Gasteiger partial charge in [0.05, 0.1) is 12.9 Å². The minimum absolute atomic E-state index is 0.0885. The molecule has 0 saturated heterocycles. The first kappa shape index (κ1) is 21.7. The van der Waals surface area contributed by atoms with E-state index in [0.29, 0.717) is 22.5 Å². The third-order valence-electron chi connectivity index (χ3n) is 4.58. The minimum atomic E-state index is -0.0885. The van der Waals surface area contributed by atoms with Gasteiger partial charge in [-0.05, 0) is 48.7 Å². The van der Waals surface area contributed by atoms with Crippen LogP contribution < -0.4 is 14.8 Å². The van der Waals surface area contributed by atoms with Crippen LogP contribution in [0.5, 0.6) is 11.5 Å². The number of amides is 1. The SMILES string of the molecule is CCc1ccc(NC(=O)CSc2nnc(COc3ccc(C)cc3OC)n2C)cc1. The first-order chi connectivity index (χ1) is 14.5. The Hall–Kier alpha value is -3.00. The van der Waals surface area contributed by atoms with Gasteiger partial charge in [0, 0.05) is 12.7 Å². The van der Waals surface area contributed by atoms with Crippen molar-refractivity contribution in [3.63, 3.8) is 0 Å². The number of aryl methyl sites for hydroxylation is 2. The molecule has 1 heterocycles. The van der Waals surface area contributed by atoms with Crippen LogP contribution in [0.4, 0.5) is 5.69 Å². The van der Waals surface area contributed by atoms with Crippen LogP contribution in [0.1, 0.15) is 23.9 Å². The van der Waals surface area contributed by atoms with Gasteiger partial charge in [0.15, 0.2) is 22.5 Å². The molecule has 8 heteroatoms. The number of hydrogen-bond acceptors (Lipinski definition) is 6. The van der Waals surface area contributed by atoms with Crippen molar-refractivity contribution >= 4 is 23.4 Å². The highest BCUT2D eigenvalue weighted by molar-refractivity contribution is 7.99. The summed E-state index contributed by atoms with van der Waals surface area (Å²) in [6.45, 7) is 4.34. The molecule has 0 saturated carbocycles. The van der Waals surface area contributed by atoms with Gasteiger partial charge in [-0.2, -0.15) is 0 Å². The second kappa shape index (κ2) is 10.2. The predicted octanol–water partition coefficient (Wildman–Crippen LogP) is 4.00. The number of nitrogens with zero attached hydrogens (tertiary/aromatic N) is 3. The summed E-state index contributed by atoms with van der Waals surface area (Å²) in [4.78, 5) is 12.2. The lowest BCUT2D eigenvalue weighted by Crippen LogP contribution is -2.14. The molecule has 0 bridgehead atoms. The Morgan fingerprint density at radius 1 is 1.13 bits per heavy atom. The van der Waals surface area contributed by atoms with Crippen molar-refractivity contribution in [1.29, 1.82) is 0 Å². The molecular weight excluding hydrogens is 400 g/mol. The summed E-state index contributed by atoms with van der Waals surface area (Å²) in [5.74, 6) is 2.14. The van der Waals surface area contributed by atoms with Gasteiger partial charge < -0.3 is 19.4 Å². The summed E-state index contributed by atoms with van der Waals surface area (Å²) in [7, 11) is 3.47. The van der Waals surface area contributed by atoms with E-state index in [0.717, 1.165) is 17.7 Å². The molecule has 0 aliphatic rings. The van der Waals surface area contributed by atoms with E-state index in [-0.39, 0.29) is 18.3 Å². The molecule has 0 radical (unpaired) electrons. The van der Waals surface area contributed by atoms with E-state index >= 15 is 0 Å². The topological polar surface area (TPSA) is 78.3 Å². The van der Waals surface area contributed by atoms with Gasteiger partial charge in [0.1, 0.15) is 6.61 Å². The van der Waals surface area contributed by atoms with Crippen LogP contribution >= 0.6 is 11.8 Å². The second-order valence-electron chi connectivity index (χ2n) is 6.79. The molecule has 2 aromatic carbocycles. The highest BCUT2D eigenvalue weighted by Gasteiger charge is 2.13. The third kappa shape index (κ3) is 5.54. The Labute approximate surface area is 180 Å². The Balaban J connectivity index is 1.54. The Bertz CT molecular complexity index is 1000. The summed E-state index contributed by atoms with van der Waals surface area (Å²) in [6.07, 6.45) is 0.971. The van der Waals surface area contributed by atoms with E-state index in [2.05, 4.69) is 22.4 Å². The number of aromatic nitrogens is 3. The zero-order valence-electron chi connectivity index (χ0n) is 17.6. The normalized spacial score (nSPS) is 10.7. The number of carbonyl (C=O) groups is 1. The molecule has 0 atom stereocenters. The smallest absolute Gasteiger partial charge is 0.234 e. The molecule has 1 amide bonds. The molecule has 158 valence electrons. The lowest BCUT2D eigenvalue weighted by atomic mass is 10.1. The van der Waals surface area contributed by atoms with Crippen LogP contribution in [-0.2, 0) is 24.9 Å². The second-order valence-corrected chi connectivity index (χ2v) is 7.73. The largest absolute Gasteiger partial charge is 0.493 e. The van der Waals surface area contributed by atoms with Crippen molar-refractivity contribution in [2.75, 3.05) is 18.2 Å². The van der Waals surface area contributed by atoms with Crippen molar-refractivity contribution in [3.05, 3.63) is 59.4 Å². The molecule has 0 aliphatic carbocycles. The molecule has 1 aromatic heterocycles. The molecule has 30 heavy (non-hydrogen) atoms. The Kier molecular flexibility index (Phi) is 7.35. The van der Waals surface area contributed by atoms with Crippen molar-refractivity contribution in [3.8, 4) is 11.5 Å². The number of benzene rings is 2. The van der Waals surface area contributed by atoms with Gasteiger partial charge in [-0.25, -0.2) is 0 Å². The van der Waals surface area contributed by atoms with E-state index < -0.39 is 0 Å². The predicted molar refractivity (Wildman–Crippen MR) is 118 cm³/mol. The molecule has 7 nitrogen and oxygen atoms in total. The zero-order chi connectivity index (χ0) is 21.5. The molecule has 0 unspecified atom stereocenters. The quantitative estimate of drug-likeness (QED) is 0.521. The number of methoxy groups -OCH3 is 1. The lowest BCUT2D eigenvalue weighted by molar-refractivity contribution is -0.113. The van der Waals surface area contributed by atoms with Gasteiger partial charge in [-0.3, -0.25) is 4.79 Å². The average Bonchev–Trinajstić information content (AvgIpc) is 3.11. The van der Waals surface area contributed by atoms with Crippen LogP contribution in [0.25, 0.3) is 0 Å². The maximum atomic E-state index is 12.2. The average molecular weight is 427 g/mol. The van der Waals surface area contributed by atoms with E-state index in [1.54, 1.807) is 7.11 Å². The number of ether oxygens (including phenoxy) is 2. The number of nitrogens with one attached hydrogen (secondary N) is 1. The van der Waals surface area contributed by atoms with Crippen LogP contribution in [0, 0.1) is 6.92 Å². The lowest BCUT2D eigenvalue weighted by Gasteiger charge is -2.11. The Morgan fingerprint density at radius 3 is 2.60 bits per heavy atom. The fourth-order valence-corrected chi connectivity index (χ4v) is 3.51. The van der Waals surface area contributed by atoms with Gasteiger partial charge in [-0.1, -0.05) is 36.9 Å². The fourth-order valence-electron chi connectivity index (χ4n) is 2.78. The first-order valence-electron chi connectivity index (χ1n) is 9.67. The first-order valence-corrected chi connectivity index (χ1v) is 10.7. The van der Waals surface area contributed by atoms with E-state index in [4.69, 9.17) is 9.47 Å². The van der Waals surface area contributed by atoms with Gasteiger partial charge >= 0.3 is 0 Å². The molecule has 3 aromatic rings. The van der Waals surface area contributed by atoms with Crippen LogP contribution in [0.3, 0.4) is 0 Å². The third-order valence-corrected chi connectivity index (χ3v) is 5.60. The van der Waals surface area contributed by atoms with Crippen molar-refractivity contribution in [2.45, 2.75) is 32.0 Å². The fraction of sp³-hybridized carbons (Fsp3) is 0.318. The van der Waals surface area contributed by atoms with Crippen LogP contribution in [-0.4, -0.2) is 33.5 Å². The molecule has 0 fully saturated rings. The van der Waals surface area contributed by atoms with Gasteiger partial charge in [0.2, 0.25) is 5.91 Å². The monoisotopic (exact) mass is 426 g/mol. The number of anilines is 1. The maximum Gasteiger partial charge on any atom is 0.234 e. The molecule has 1 N–H and O–H groups in total. The molecule has 3 rings (SSSR count). The van der Waals surface area contributed by atoms with Gasteiger partial charge in [-0.15, -0.1) is 10.2 Å².